The maximum atomic E-state index is 12.1. The van der Waals surface area contributed by atoms with Crippen molar-refractivity contribution >= 4 is 39.1 Å². The van der Waals surface area contributed by atoms with Crippen LogP contribution < -0.4 is 5.56 Å². The first kappa shape index (κ1) is 13.4. The second-order valence-electron chi connectivity index (χ2n) is 3.51. The predicted octanol–water partition coefficient (Wildman–Crippen LogP) is 3.32. The van der Waals surface area contributed by atoms with Crippen molar-refractivity contribution < 1.29 is 5.11 Å². The highest BCUT2D eigenvalue weighted by molar-refractivity contribution is 9.10. The van der Waals surface area contributed by atoms with Gasteiger partial charge in [-0.05, 0) is 35.0 Å². The van der Waals surface area contributed by atoms with Gasteiger partial charge in [0.05, 0.1) is 15.7 Å². The Morgan fingerprint density at radius 1 is 1.39 bits per heavy atom. The number of nitrogens with zero attached hydrogens (tertiary/aromatic N) is 2. The molecule has 0 aliphatic rings. The van der Waals surface area contributed by atoms with Gasteiger partial charge < -0.3 is 5.11 Å². The van der Waals surface area contributed by atoms with Crippen molar-refractivity contribution in [2.75, 3.05) is 0 Å². The Bertz CT molecular complexity index is 685. The fourth-order valence-electron chi connectivity index (χ4n) is 1.54. The summed E-state index contributed by atoms with van der Waals surface area (Å²) < 4.78 is 1.25. The molecule has 0 spiro atoms. The highest BCUT2D eigenvalue weighted by atomic mass is 79.9. The Balaban J connectivity index is 2.84. The SMILES string of the molecule is Cc1nc(O)c(Br)c(=O)n1-c1cccc(Cl)c1Cl. The van der Waals surface area contributed by atoms with E-state index in [2.05, 4.69) is 20.9 Å². The number of rotatable bonds is 1. The summed E-state index contributed by atoms with van der Waals surface area (Å²) in [5.41, 5.74) is -0.0379. The second-order valence-corrected chi connectivity index (χ2v) is 5.09. The zero-order chi connectivity index (χ0) is 13.4. The van der Waals surface area contributed by atoms with Crippen LogP contribution in [0.3, 0.4) is 0 Å². The molecule has 1 heterocycles. The lowest BCUT2D eigenvalue weighted by Crippen LogP contribution is -2.23. The summed E-state index contributed by atoms with van der Waals surface area (Å²) in [5.74, 6) is -0.0447. The van der Waals surface area contributed by atoms with E-state index >= 15 is 0 Å². The lowest BCUT2D eigenvalue weighted by Gasteiger charge is -2.12. The van der Waals surface area contributed by atoms with E-state index in [1.807, 2.05) is 0 Å². The molecule has 0 aliphatic carbocycles. The van der Waals surface area contributed by atoms with Gasteiger partial charge in [-0.15, -0.1) is 0 Å². The molecule has 7 heteroatoms. The summed E-state index contributed by atoms with van der Waals surface area (Å²) >= 11 is 15.0. The van der Waals surface area contributed by atoms with E-state index in [0.717, 1.165) is 0 Å². The first-order valence-electron chi connectivity index (χ1n) is 4.86. The summed E-state index contributed by atoms with van der Waals surface area (Å²) in [6.45, 7) is 1.59. The molecule has 2 rings (SSSR count). The quantitative estimate of drug-likeness (QED) is 0.859. The van der Waals surface area contributed by atoms with Gasteiger partial charge in [0.2, 0.25) is 5.88 Å². The molecule has 0 aliphatic heterocycles. The molecular formula is C11H7BrCl2N2O2. The van der Waals surface area contributed by atoms with Crippen molar-refractivity contribution in [3.63, 3.8) is 0 Å². The molecule has 4 nitrogen and oxygen atoms in total. The molecule has 94 valence electrons. The van der Waals surface area contributed by atoms with Crippen LogP contribution >= 0.6 is 39.1 Å². The van der Waals surface area contributed by atoms with Crippen LogP contribution in [0, 0.1) is 6.92 Å². The number of aromatic hydroxyl groups is 1. The molecule has 0 radical (unpaired) electrons. The van der Waals surface area contributed by atoms with Gasteiger partial charge in [0.25, 0.3) is 5.56 Å². The summed E-state index contributed by atoms with van der Waals surface area (Å²) in [7, 11) is 0. The highest BCUT2D eigenvalue weighted by Gasteiger charge is 2.15. The number of aryl methyl sites for hydroxylation is 1. The van der Waals surface area contributed by atoms with E-state index in [1.54, 1.807) is 25.1 Å². The Labute approximate surface area is 121 Å². The van der Waals surface area contributed by atoms with Crippen LogP contribution in [0.15, 0.2) is 27.5 Å². The molecule has 0 fully saturated rings. The molecule has 2 aromatic rings. The molecule has 0 bridgehead atoms. The average molecular weight is 350 g/mol. The van der Waals surface area contributed by atoms with Crippen LogP contribution in [0.2, 0.25) is 10.0 Å². The molecular weight excluding hydrogens is 343 g/mol. The molecule has 18 heavy (non-hydrogen) atoms. The summed E-state index contributed by atoms with van der Waals surface area (Å²) in [6.07, 6.45) is 0. The summed E-state index contributed by atoms with van der Waals surface area (Å²) in [5, 5.41) is 10.0. The van der Waals surface area contributed by atoms with Crippen molar-refractivity contribution in [1.82, 2.24) is 9.55 Å². The van der Waals surface area contributed by atoms with Gasteiger partial charge >= 0.3 is 0 Å². The fourth-order valence-corrected chi connectivity index (χ4v) is 2.19. The van der Waals surface area contributed by atoms with Crippen molar-refractivity contribution in [3.05, 3.63) is 48.9 Å². The zero-order valence-electron chi connectivity index (χ0n) is 9.12. The minimum atomic E-state index is -0.454. The summed E-state index contributed by atoms with van der Waals surface area (Å²) in [6, 6.07) is 4.95. The van der Waals surface area contributed by atoms with Gasteiger partial charge in [0.1, 0.15) is 10.3 Å². The van der Waals surface area contributed by atoms with Crippen molar-refractivity contribution in [2.45, 2.75) is 6.92 Å². The van der Waals surface area contributed by atoms with E-state index in [1.165, 1.54) is 4.57 Å². The van der Waals surface area contributed by atoms with E-state index < -0.39 is 5.56 Å². The van der Waals surface area contributed by atoms with Crippen LogP contribution in [-0.2, 0) is 0 Å². The lowest BCUT2D eigenvalue weighted by molar-refractivity contribution is 0.442. The smallest absolute Gasteiger partial charge is 0.276 e. The molecule has 1 aromatic carbocycles. The van der Waals surface area contributed by atoms with Crippen LogP contribution in [0.4, 0.5) is 0 Å². The molecule has 0 saturated carbocycles. The Hall–Kier alpha value is -1.04. The second kappa shape index (κ2) is 4.91. The topological polar surface area (TPSA) is 55.1 Å². The van der Waals surface area contributed by atoms with Crippen molar-refractivity contribution in [2.24, 2.45) is 0 Å². The first-order chi connectivity index (χ1) is 8.43. The third kappa shape index (κ3) is 2.13. The molecule has 0 saturated heterocycles. The van der Waals surface area contributed by atoms with Gasteiger partial charge in [-0.3, -0.25) is 9.36 Å². The maximum Gasteiger partial charge on any atom is 0.276 e. The van der Waals surface area contributed by atoms with Gasteiger partial charge in [0, 0.05) is 0 Å². The third-order valence-corrected chi connectivity index (χ3v) is 3.85. The van der Waals surface area contributed by atoms with E-state index in [-0.39, 0.29) is 15.4 Å². The fraction of sp³-hybridized carbons (Fsp3) is 0.0909. The van der Waals surface area contributed by atoms with Gasteiger partial charge in [-0.2, -0.15) is 4.98 Å². The average Bonchev–Trinajstić information content (AvgIpc) is 2.32. The van der Waals surface area contributed by atoms with Gasteiger partial charge in [-0.25, -0.2) is 0 Å². The number of benzene rings is 1. The number of hydrogen-bond donors (Lipinski definition) is 1. The highest BCUT2D eigenvalue weighted by Crippen LogP contribution is 2.29. The maximum absolute atomic E-state index is 12.1. The third-order valence-electron chi connectivity index (χ3n) is 2.35. The number of halogens is 3. The van der Waals surface area contributed by atoms with Crippen LogP contribution in [-0.4, -0.2) is 14.7 Å². The van der Waals surface area contributed by atoms with Crippen molar-refractivity contribution in [1.29, 1.82) is 0 Å². The molecule has 0 atom stereocenters. The van der Waals surface area contributed by atoms with E-state index in [9.17, 15) is 9.90 Å². The molecule has 1 aromatic heterocycles. The van der Waals surface area contributed by atoms with E-state index in [0.29, 0.717) is 16.5 Å². The minimum absolute atomic E-state index is 0.0239. The monoisotopic (exact) mass is 348 g/mol. The number of hydrogen-bond acceptors (Lipinski definition) is 3. The Kier molecular flexibility index (Phi) is 3.66. The molecule has 1 N–H and O–H groups in total. The Morgan fingerprint density at radius 2 is 2.06 bits per heavy atom. The predicted molar refractivity (Wildman–Crippen MR) is 74.0 cm³/mol. The van der Waals surface area contributed by atoms with Crippen molar-refractivity contribution in [3.8, 4) is 11.6 Å². The normalized spacial score (nSPS) is 10.7. The molecule has 0 amide bonds. The lowest BCUT2D eigenvalue weighted by atomic mass is 10.3. The molecule has 0 unspecified atom stereocenters. The standard InChI is InChI=1S/C11H7BrCl2N2O2/c1-5-15-10(17)8(12)11(18)16(5)7-4-2-3-6(13)9(7)14/h2-4,17H,1H3. The summed E-state index contributed by atoms with van der Waals surface area (Å²) in [4.78, 5) is 15.9. The van der Waals surface area contributed by atoms with Crippen LogP contribution in [0.5, 0.6) is 5.88 Å². The van der Waals surface area contributed by atoms with Gasteiger partial charge in [0.15, 0.2) is 0 Å². The Morgan fingerprint density at radius 3 is 2.72 bits per heavy atom. The van der Waals surface area contributed by atoms with Crippen LogP contribution in [0.25, 0.3) is 5.69 Å². The van der Waals surface area contributed by atoms with Crippen LogP contribution in [0.1, 0.15) is 5.82 Å². The largest absolute Gasteiger partial charge is 0.492 e. The van der Waals surface area contributed by atoms with Gasteiger partial charge in [-0.1, -0.05) is 29.3 Å². The number of aromatic nitrogens is 2. The first-order valence-corrected chi connectivity index (χ1v) is 6.41. The van der Waals surface area contributed by atoms with E-state index in [4.69, 9.17) is 23.2 Å². The minimum Gasteiger partial charge on any atom is -0.492 e. The zero-order valence-corrected chi connectivity index (χ0v) is 12.2.